The largest absolute Gasteiger partial charge is 0.382 e. The molecule has 0 saturated heterocycles. The Bertz CT molecular complexity index is 921. The third-order valence-electron chi connectivity index (χ3n) is 5.47. The van der Waals surface area contributed by atoms with E-state index in [2.05, 4.69) is 10.6 Å². The smallest absolute Gasteiger partial charge is 0.263 e. The molecule has 0 bridgehead atoms. The minimum Gasteiger partial charge on any atom is -0.382 e. The average molecular weight is 580 g/mol. The van der Waals surface area contributed by atoms with E-state index in [0.717, 1.165) is 4.90 Å². The molecule has 0 saturated carbocycles. The number of nitrogens with one attached hydrogen (secondary N) is 2. The van der Waals surface area contributed by atoms with Crippen molar-refractivity contribution in [1.29, 1.82) is 0 Å². The number of rotatable bonds is 22. The number of carbonyl (C=O) groups is 5. The minimum atomic E-state index is -1.10. The van der Waals surface area contributed by atoms with Gasteiger partial charge in [-0.3, -0.25) is 19.3 Å². The first-order valence-electron chi connectivity index (χ1n) is 13.5. The number of carbonyl (C=O) groups excluding carboxylic acids is 5. The molecule has 1 atom stereocenters. The van der Waals surface area contributed by atoms with Gasteiger partial charge in [-0.1, -0.05) is 24.3 Å². The zero-order valence-electron chi connectivity index (χ0n) is 24.6. The van der Waals surface area contributed by atoms with Crippen molar-refractivity contribution in [1.82, 2.24) is 10.2 Å². The van der Waals surface area contributed by atoms with Crippen molar-refractivity contribution in [2.45, 2.75) is 39.7 Å². The number of ether oxygens (including phenoxy) is 4. The zero-order valence-corrected chi connectivity index (χ0v) is 24.6. The molecule has 0 aromatic heterocycles. The fourth-order valence-electron chi connectivity index (χ4n) is 3.33. The third-order valence-corrected chi connectivity index (χ3v) is 5.47. The summed E-state index contributed by atoms with van der Waals surface area (Å²) in [5.74, 6) is -1.17. The summed E-state index contributed by atoms with van der Waals surface area (Å²) in [6.45, 7) is 8.83. The summed E-state index contributed by atoms with van der Waals surface area (Å²) in [6, 6.07) is 4.11. The van der Waals surface area contributed by atoms with Gasteiger partial charge in [0, 0.05) is 25.7 Å². The lowest BCUT2D eigenvalue weighted by Gasteiger charge is -2.26. The summed E-state index contributed by atoms with van der Waals surface area (Å²) >= 11 is 0. The van der Waals surface area contributed by atoms with Crippen LogP contribution in [0.3, 0.4) is 0 Å². The van der Waals surface area contributed by atoms with Gasteiger partial charge >= 0.3 is 0 Å². The minimum absolute atomic E-state index is 0.0279. The summed E-state index contributed by atoms with van der Waals surface area (Å²) in [7, 11) is 1.40. The molecule has 3 amide bonds. The van der Waals surface area contributed by atoms with Gasteiger partial charge in [0.25, 0.3) is 5.91 Å². The number of hydrogen-bond acceptors (Lipinski definition) is 10. The highest BCUT2D eigenvalue weighted by Gasteiger charge is 2.31. The third kappa shape index (κ3) is 16.4. The van der Waals surface area contributed by atoms with Gasteiger partial charge < -0.3 is 39.2 Å². The van der Waals surface area contributed by atoms with Crippen LogP contribution in [-0.2, 0) is 38.1 Å². The van der Waals surface area contributed by atoms with Crippen LogP contribution in [0.25, 0.3) is 0 Å². The van der Waals surface area contributed by atoms with E-state index in [1.54, 1.807) is 25.1 Å². The highest BCUT2D eigenvalue weighted by Crippen LogP contribution is 2.23. The maximum Gasteiger partial charge on any atom is 0.263 e. The van der Waals surface area contributed by atoms with Crippen molar-refractivity contribution in [3.05, 3.63) is 41.5 Å². The first-order valence-corrected chi connectivity index (χ1v) is 13.5. The molecule has 1 rings (SSSR count). The fraction of sp³-hybridized carbons (Fsp3) is 0.552. The van der Waals surface area contributed by atoms with E-state index < -0.39 is 17.9 Å². The maximum absolute atomic E-state index is 13.3. The first-order chi connectivity index (χ1) is 19.9. The van der Waals surface area contributed by atoms with E-state index >= 15 is 0 Å². The number of amides is 3. The number of likely N-dealkylation sites (N-methyl/N-ethyl adjacent to an activating group) is 1. The molecule has 12 nitrogen and oxygen atoms in total. The lowest BCUT2D eigenvalue weighted by Crippen LogP contribution is -2.48. The molecule has 0 aliphatic rings. The summed E-state index contributed by atoms with van der Waals surface area (Å²) in [5, 5.41) is 5.57. The van der Waals surface area contributed by atoms with Crippen LogP contribution in [0.4, 0.5) is 5.69 Å². The molecule has 2 N–H and O–H groups in total. The summed E-state index contributed by atoms with van der Waals surface area (Å²) < 4.78 is 21.2. The second-order valence-electron chi connectivity index (χ2n) is 8.36. The predicted molar refractivity (Wildman–Crippen MR) is 155 cm³/mol. The molecule has 0 aliphatic carbocycles. The molecule has 1 unspecified atom stereocenters. The number of hydrogen-bond donors (Lipinski definition) is 2. The second kappa shape index (κ2) is 25.5. The van der Waals surface area contributed by atoms with Crippen LogP contribution < -0.4 is 10.6 Å². The van der Waals surface area contributed by atoms with Crippen LogP contribution in [0.15, 0.2) is 30.4 Å². The van der Waals surface area contributed by atoms with Crippen molar-refractivity contribution in [2.75, 3.05) is 71.8 Å². The van der Waals surface area contributed by atoms with Gasteiger partial charge in [-0.25, -0.2) is 0 Å². The van der Waals surface area contributed by atoms with Gasteiger partial charge in [-0.15, -0.1) is 0 Å². The van der Waals surface area contributed by atoms with Crippen LogP contribution in [0.2, 0.25) is 0 Å². The Balaban J connectivity index is 0.00000373. The molecule has 0 spiro atoms. The Labute approximate surface area is 242 Å². The fourth-order valence-corrected chi connectivity index (χ4v) is 3.33. The standard InChI is InChI=1S/C25H37N3O9.C4H8/c1-20-5-3-6-21(23(20)25(33)28(19-31)22(7-4-9-29)24(32)26-2)27-8-11-34-13-15-36-17-18-37-16-14-35-12-10-30;1-3-4-2/h3,5-6,9-10,19,22,27H,4,7-8,11-18H2,1-2H3,(H,26,32);3-4H,1-2H3/b;4-3-. The molecular formula is C29H45N3O9. The number of aryl methyl sites for hydroxylation is 1. The van der Waals surface area contributed by atoms with Gasteiger partial charge in [-0.05, 0) is 38.8 Å². The van der Waals surface area contributed by atoms with Crippen molar-refractivity contribution >= 4 is 36.5 Å². The van der Waals surface area contributed by atoms with Crippen LogP contribution in [0.1, 0.15) is 42.6 Å². The van der Waals surface area contributed by atoms with E-state index in [1.807, 2.05) is 26.0 Å². The molecule has 0 fully saturated rings. The topological polar surface area (TPSA) is 150 Å². The van der Waals surface area contributed by atoms with Crippen LogP contribution >= 0.6 is 0 Å². The number of anilines is 1. The molecule has 230 valence electrons. The van der Waals surface area contributed by atoms with Crippen LogP contribution in [0.5, 0.6) is 0 Å². The van der Waals surface area contributed by atoms with Gasteiger partial charge in [0.2, 0.25) is 12.3 Å². The Morgan fingerprint density at radius 2 is 1.46 bits per heavy atom. The molecule has 1 aromatic rings. The summed E-state index contributed by atoms with van der Waals surface area (Å²) in [5.41, 5.74) is 1.38. The quantitative estimate of drug-likeness (QED) is 0.119. The van der Waals surface area contributed by atoms with Gasteiger partial charge in [0.1, 0.15) is 25.2 Å². The SMILES string of the molecule is C/C=C\C.CNC(=O)C(CCC=O)N(C=O)C(=O)c1c(C)cccc1NCCOCCOCCOCCOCC=O. The number of aldehydes is 2. The average Bonchev–Trinajstić information content (AvgIpc) is 2.98. The highest BCUT2D eigenvalue weighted by atomic mass is 16.6. The van der Waals surface area contributed by atoms with E-state index in [0.29, 0.717) is 83.0 Å². The second-order valence-corrected chi connectivity index (χ2v) is 8.36. The van der Waals surface area contributed by atoms with Crippen molar-refractivity contribution < 1.29 is 42.9 Å². The normalized spacial score (nSPS) is 11.2. The molecule has 12 heteroatoms. The van der Waals surface area contributed by atoms with E-state index in [9.17, 15) is 24.0 Å². The van der Waals surface area contributed by atoms with Crippen molar-refractivity contribution in [2.24, 2.45) is 0 Å². The number of benzene rings is 1. The van der Waals surface area contributed by atoms with Crippen LogP contribution in [0, 0.1) is 6.92 Å². The molecule has 0 heterocycles. The molecule has 1 aromatic carbocycles. The molecule has 0 radical (unpaired) electrons. The Kier molecular flexibility index (Phi) is 23.4. The highest BCUT2D eigenvalue weighted by molar-refractivity contribution is 6.07. The number of nitrogens with zero attached hydrogens (tertiary/aromatic N) is 1. The van der Waals surface area contributed by atoms with Crippen molar-refractivity contribution in [3.8, 4) is 0 Å². The van der Waals surface area contributed by atoms with Gasteiger partial charge in [0.05, 0.1) is 51.8 Å². The predicted octanol–water partition coefficient (Wildman–Crippen LogP) is 1.95. The maximum atomic E-state index is 13.3. The zero-order chi connectivity index (χ0) is 30.7. The molecular weight excluding hydrogens is 534 g/mol. The van der Waals surface area contributed by atoms with E-state index in [1.165, 1.54) is 7.05 Å². The molecule has 41 heavy (non-hydrogen) atoms. The molecule has 0 aliphatic heterocycles. The Morgan fingerprint density at radius 3 is 1.98 bits per heavy atom. The van der Waals surface area contributed by atoms with Gasteiger partial charge in [-0.2, -0.15) is 0 Å². The van der Waals surface area contributed by atoms with E-state index in [-0.39, 0.29) is 25.0 Å². The Morgan fingerprint density at radius 1 is 0.878 bits per heavy atom. The Hall–Kier alpha value is -3.45. The summed E-state index contributed by atoms with van der Waals surface area (Å²) in [6.07, 6.45) is 5.69. The number of allylic oxidation sites excluding steroid dienone is 2. The first kappa shape index (κ1) is 37.6. The lowest BCUT2D eigenvalue weighted by molar-refractivity contribution is -0.131. The van der Waals surface area contributed by atoms with Crippen molar-refractivity contribution in [3.63, 3.8) is 0 Å². The van der Waals surface area contributed by atoms with Crippen LogP contribution in [-0.4, -0.2) is 108 Å². The summed E-state index contributed by atoms with van der Waals surface area (Å²) in [4.78, 5) is 59.2. The lowest BCUT2D eigenvalue weighted by atomic mass is 10.0. The van der Waals surface area contributed by atoms with E-state index in [4.69, 9.17) is 18.9 Å². The van der Waals surface area contributed by atoms with Gasteiger partial charge in [0.15, 0.2) is 0 Å². The monoisotopic (exact) mass is 579 g/mol. The number of imide groups is 1.